The van der Waals surface area contributed by atoms with E-state index in [1.165, 1.54) is 11.1 Å². The quantitative estimate of drug-likeness (QED) is 0.640. The van der Waals surface area contributed by atoms with Gasteiger partial charge in [0.2, 0.25) is 5.91 Å². The zero-order valence-electron chi connectivity index (χ0n) is 14.9. The maximum Gasteiger partial charge on any atom is 0.223 e. The van der Waals surface area contributed by atoms with Crippen LogP contribution in [0.25, 0.3) is 0 Å². The molecule has 0 aromatic heterocycles. The van der Waals surface area contributed by atoms with E-state index >= 15 is 0 Å². The average Bonchev–Trinajstić information content (AvgIpc) is 2.83. The van der Waals surface area contributed by atoms with Crippen molar-refractivity contribution in [2.24, 2.45) is 5.92 Å². The summed E-state index contributed by atoms with van der Waals surface area (Å²) in [6.07, 6.45) is 5.31. The van der Waals surface area contributed by atoms with Crippen LogP contribution in [0.1, 0.15) is 23.1 Å². The standard InChI is InChI=1S/C22H25NOSi/c1-25(2,21-18-14-9-15-19(21)23-22(18)24)20(16-10-5-3-6-11-16)17-12-7-4-8-13-17/h3-13,15,18-21H,14H2,1-2H3,(H,23,24)/t18-,19+,21?/m0/s1. The summed E-state index contributed by atoms with van der Waals surface area (Å²) in [6, 6.07) is 21.9. The zero-order valence-corrected chi connectivity index (χ0v) is 15.9. The summed E-state index contributed by atoms with van der Waals surface area (Å²) < 4.78 is 0. The lowest BCUT2D eigenvalue weighted by Gasteiger charge is -2.43. The first-order valence-electron chi connectivity index (χ1n) is 9.16. The minimum absolute atomic E-state index is 0.145. The number of carbonyl (C=O) groups is 1. The number of hydrogen-bond acceptors (Lipinski definition) is 1. The van der Waals surface area contributed by atoms with Gasteiger partial charge in [-0.3, -0.25) is 4.79 Å². The summed E-state index contributed by atoms with van der Waals surface area (Å²) in [4.78, 5) is 12.5. The minimum atomic E-state index is -1.85. The number of nitrogens with one attached hydrogen (secondary N) is 1. The van der Waals surface area contributed by atoms with E-state index in [9.17, 15) is 4.79 Å². The van der Waals surface area contributed by atoms with Gasteiger partial charge < -0.3 is 5.32 Å². The van der Waals surface area contributed by atoms with Crippen LogP contribution >= 0.6 is 0 Å². The first-order chi connectivity index (χ1) is 12.1. The summed E-state index contributed by atoms with van der Waals surface area (Å²) in [5.41, 5.74) is 3.60. The Morgan fingerprint density at radius 2 is 1.52 bits per heavy atom. The molecule has 1 aliphatic carbocycles. The van der Waals surface area contributed by atoms with Crippen LogP contribution in [0.3, 0.4) is 0 Å². The molecule has 25 heavy (non-hydrogen) atoms. The van der Waals surface area contributed by atoms with Gasteiger partial charge in [-0.1, -0.05) is 85.9 Å². The summed E-state index contributed by atoms with van der Waals surface area (Å²) >= 11 is 0. The molecule has 1 saturated heterocycles. The topological polar surface area (TPSA) is 29.1 Å². The van der Waals surface area contributed by atoms with Crippen molar-refractivity contribution in [2.75, 3.05) is 0 Å². The number of benzene rings is 2. The highest BCUT2D eigenvalue weighted by molar-refractivity contribution is 6.81. The molecule has 1 heterocycles. The van der Waals surface area contributed by atoms with E-state index < -0.39 is 8.07 Å². The van der Waals surface area contributed by atoms with E-state index in [1.54, 1.807) is 0 Å². The molecule has 1 fully saturated rings. The number of rotatable bonds is 4. The first kappa shape index (κ1) is 16.3. The van der Waals surface area contributed by atoms with Crippen molar-refractivity contribution in [3.8, 4) is 0 Å². The van der Waals surface area contributed by atoms with Crippen LogP contribution < -0.4 is 5.32 Å². The number of hydrogen-bond donors (Lipinski definition) is 1. The van der Waals surface area contributed by atoms with E-state index in [0.717, 1.165) is 6.42 Å². The fourth-order valence-corrected chi connectivity index (χ4v) is 10.0. The maximum absolute atomic E-state index is 12.5. The highest BCUT2D eigenvalue weighted by Gasteiger charge is 2.53. The Hall–Kier alpha value is -2.13. The molecule has 128 valence electrons. The van der Waals surface area contributed by atoms with Crippen molar-refractivity contribution in [3.05, 3.63) is 83.9 Å². The van der Waals surface area contributed by atoms with Gasteiger partial charge in [0.15, 0.2) is 0 Å². The van der Waals surface area contributed by atoms with Crippen LogP contribution in [0.15, 0.2) is 72.8 Å². The molecular formula is C22H25NOSi. The molecule has 2 aromatic carbocycles. The van der Waals surface area contributed by atoms with Crippen molar-refractivity contribution < 1.29 is 4.79 Å². The van der Waals surface area contributed by atoms with Crippen molar-refractivity contribution in [1.29, 1.82) is 0 Å². The zero-order chi connectivity index (χ0) is 17.4. The predicted molar refractivity (Wildman–Crippen MR) is 105 cm³/mol. The van der Waals surface area contributed by atoms with Gasteiger partial charge in [-0.05, 0) is 23.1 Å². The number of carbonyl (C=O) groups excluding carboxylic acids is 1. The normalized spacial score (nSPS) is 25.2. The van der Waals surface area contributed by atoms with Crippen LogP contribution in [0.4, 0.5) is 0 Å². The number of fused-ring (bicyclic) bond motifs is 2. The molecule has 2 nitrogen and oxygen atoms in total. The molecule has 2 aliphatic rings. The monoisotopic (exact) mass is 347 g/mol. The van der Waals surface area contributed by atoms with Gasteiger partial charge in [0, 0.05) is 17.5 Å². The van der Waals surface area contributed by atoms with Crippen molar-refractivity contribution in [2.45, 2.75) is 36.6 Å². The molecule has 3 heteroatoms. The molecule has 3 atom stereocenters. The highest BCUT2D eigenvalue weighted by atomic mass is 28.3. The van der Waals surface area contributed by atoms with Crippen molar-refractivity contribution >= 4 is 14.0 Å². The van der Waals surface area contributed by atoms with Gasteiger partial charge in [0.25, 0.3) is 0 Å². The molecule has 2 bridgehead atoms. The fourth-order valence-electron chi connectivity index (χ4n) is 5.08. The number of amides is 1. The smallest absolute Gasteiger partial charge is 0.223 e. The number of allylic oxidation sites excluding steroid dienone is 1. The third-order valence-electron chi connectivity index (χ3n) is 6.07. The predicted octanol–water partition coefficient (Wildman–Crippen LogP) is 4.51. The Balaban J connectivity index is 1.81. The second-order valence-corrected chi connectivity index (χ2v) is 12.8. The molecule has 0 radical (unpaired) electrons. The van der Waals surface area contributed by atoms with Crippen LogP contribution in [-0.2, 0) is 4.79 Å². The van der Waals surface area contributed by atoms with E-state index in [1.807, 2.05) is 0 Å². The molecule has 4 rings (SSSR count). The average molecular weight is 348 g/mol. The summed E-state index contributed by atoms with van der Waals surface area (Å²) in [6.45, 7) is 4.95. The first-order valence-corrected chi connectivity index (χ1v) is 12.3. The molecule has 1 N–H and O–H groups in total. The Kier molecular flexibility index (Phi) is 4.12. The van der Waals surface area contributed by atoms with E-state index in [2.05, 4.69) is 91.2 Å². The van der Waals surface area contributed by atoms with Gasteiger partial charge in [-0.25, -0.2) is 0 Å². The highest BCUT2D eigenvalue weighted by Crippen LogP contribution is 2.50. The SMILES string of the molecule is C[Si](C)(C(c1ccccc1)c1ccccc1)C1[C@@H]2CC=C[C@H]1NC2=O. The van der Waals surface area contributed by atoms with E-state index in [4.69, 9.17) is 0 Å². The second kappa shape index (κ2) is 6.30. The summed E-state index contributed by atoms with van der Waals surface area (Å²) in [5, 5.41) is 3.24. The van der Waals surface area contributed by atoms with Gasteiger partial charge in [-0.15, -0.1) is 0 Å². The summed E-state index contributed by atoms with van der Waals surface area (Å²) in [7, 11) is -1.85. The summed E-state index contributed by atoms with van der Waals surface area (Å²) in [5.74, 6) is 0.395. The third-order valence-corrected chi connectivity index (χ3v) is 10.7. The largest absolute Gasteiger partial charge is 0.350 e. The van der Waals surface area contributed by atoms with Crippen LogP contribution in [0, 0.1) is 5.92 Å². The molecule has 1 aliphatic heterocycles. The van der Waals surface area contributed by atoms with E-state index in [0.29, 0.717) is 11.1 Å². The minimum Gasteiger partial charge on any atom is -0.350 e. The van der Waals surface area contributed by atoms with Gasteiger partial charge >= 0.3 is 0 Å². The molecule has 0 spiro atoms. The Morgan fingerprint density at radius 3 is 2.04 bits per heavy atom. The van der Waals surface area contributed by atoms with Crippen LogP contribution in [-0.4, -0.2) is 20.0 Å². The van der Waals surface area contributed by atoms with Crippen LogP contribution in [0.2, 0.25) is 18.6 Å². The van der Waals surface area contributed by atoms with Crippen molar-refractivity contribution in [3.63, 3.8) is 0 Å². The second-order valence-electron chi connectivity index (χ2n) is 7.91. The molecule has 1 amide bonds. The van der Waals surface area contributed by atoms with Gasteiger partial charge in [0.1, 0.15) is 0 Å². The van der Waals surface area contributed by atoms with Crippen LogP contribution in [0.5, 0.6) is 0 Å². The Morgan fingerprint density at radius 1 is 0.960 bits per heavy atom. The lowest BCUT2D eigenvalue weighted by Crippen LogP contribution is -2.47. The Bertz CT molecular complexity index is 745. The Labute approximate surface area is 151 Å². The third kappa shape index (κ3) is 2.77. The maximum atomic E-state index is 12.5. The molecule has 2 aromatic rings. The van der Waals surface area contributed by atoms with Crippen molar-refractivity contribution in [1.82, 2.24) is 5.32 Å². The van der Waals surface area contributed by atoms with Gasteiger partial charge in [-0.2, -0.15) is 0 Å². The molecule has 0 saturated carbocycles. The van der Waals surface area contributed by atoms with Gasteiger partial charge in [0.05, 0.1) is 8.07 Å². The molecular weight excluding hydrogens is 322 g/mol. The lowest BCUT2D eigenvalue weighted by atomic mass is 9.95. The fraction of sp³-hybridized carbons (Fsp3) is 0.318. The lowest BCUT2D eigenvalue weighted by molar-refractivity contribution is -0.122. The molecule has 1 unspecified atom stereocenters. The van der Waals surface area contributed by atoms with E-state index in [-0.39, 0.29) is 17.9 Å².